The number of primary amides is 1. The van der Waals surface area contributed by atoms with Gasteiger partial charge in [0.15, 0.2) is 0 Å². The van der Waals surface area contributed by atoms with E-state index in [9.17, 15) is 34.2 Å². The minimum Gasteiger partial charge on any atom is -0.508 e. The third kappa shape index (κ3) is 10.7. The number of hydrogen-bond acceptors (Lipinski definition) is 9. The first kappa shape index (κ1) is 31.7. The van der Waals surface area contributed by atoms with Gasteiger partial charge in [0, 0.05) is 24.7 Å². The first-order valence-corrected chi connectivity index (χ1v) is 12.6. The summed E-state index contributed by atoms with van der Waals surface area (Å²) in [4.78, 5) is 69.1. The highest BCUT2D eigenvalue weighted by Crippen LogP contribution is 2.12. The van der Waals surface area contributed by atoms with Crippen LogP contribution in [-0.2, 0) is 36.8 Å². The largest absolute Gasteiger partial charge is 0.508 e. The maximum atomic E-state index is 13.2. The Morgan fingerprint density at radius 2 is 1.52 bits per heavy atom. The molecule has 0 saturated heterocycles. The third-order valence-electron chi connectivity index (χ3n) is 5.95. The number of nitrogens with zero attached hydrogens (tertiary/aromatic N) is 1. The summed E-state index contributed by atoms with van der Waals surface area (Å²) < 4.78 is 0. The molecule has 0 bridgehead atoms. The highest BCUT2D eigenvalue weighted by molar-refractivity contribution is 5.96. The van der Waals surface area contributed by atoms with Crippen LogP contribution in [0.2, 0.25) is 0 Å². The van der Waals surface area contributed by atoms with E-state index in [1.54, 1.807) is 0 Å². The lowest BCUT2D eigenvalue weighted by atomic mass is 10.0. The number of aromatic nitrogens is 2. The fourth-order valence-corrected chi connectivity index (χ4v) is 3.77. The Balaban J connectivity index is 2.22. The van der Waals surface area contributed by atoms with Crippen molar-refractivity contribution in [1.82, 2.24) is 25.9 Å². The van der Waals surface area contributed by atoms with Crippen molar-refractivity contribution in [2.45, 2.75) is 62.7 Å². The van der Waals surface area contributed by atoms with Crippen LogP contribution in [0.15, 0.2) is 36.8 Å². The van der Waals surface area contributed by atoms with E-state index in [2.05, 4.69) is 25.9 Å². The number of phenolic OH excluding ortho intramolecular Hbond substituents is 1. The van der Waals surface area contributed by atoms with Crippen LogP contribution in [0.25, 0.3) is 0 Å². The van der Waals surface area contributed by atoms with Crippen molar-refractivity contribution in [1.29, 1.82) is 0 Å². The number of unbranched alkanes of at least 4 members (excludes halogenated alkanes) is 1. The molecule has 12 N–H and O–H groups in total. The first-order valence-electron chi connectivity index (χ1n) is 12.6. The molecule has 4 unspecified atom stereocenters. The fraction of sp³-hybridized carbons (Fsp3) is 0.440. The number of imidazole rings is 1. The molecule has 0 saturated carbocycles. The molecule has 0 spiro atoms. The van der Waals surface area contributed by atoms with E-state index >= 15 is 0 Å². The quantitative estimate of drug-likeness (QED) is 0.0939. The monoisotopic (exact) mass is 560 g/mol. The van der Waals surface area contributed by atoms with Crippen molar-refractivity contribution in [2.75, 3.05) is 6.54 Å². The van der Waals surface area contributed by atoms with Crippen molar-refractivity contribution >= 4 is 29.6 Å². The molecule has 1 heterocycles. The third-order valence-corrected chi connectivity index (χ3v) is 5.95. The summed E-state index contributed by atoms with van der Waals surface area (Å²) in [5.74, 6) is -4.66. The van der Waals surface area contributed by atoms with E-state index in [-0.39, 0.29) is 18.6 Å². The van der Waals surface area contributed by atoms with Crippen molar-refractivity contribution in [2.24, 2.45) is 17.2 Å². The minimum absolute atomic E-state index is 0.0219. The minimum atomic E-state index is -1.44. The van der Waals surface area contributed by atoms with Crippen LogP contribution >= 0.6 is 0 Å². The van der Waals surface area contributed by atoms with Gasteiger partial charge < -0.3 is 48.3 Å². The van der Waals surface area contributed by atoms with E-state index < -0.39 is 60.2 Å². The van der Waals surface area contributed by atoms with Gasteiger partial charge in [-0.15, -0.1) is 0 Å². The molecule has 218 valence electrons. The normalized spacial score (nSPS) is 13.8. The van der Waals surface area contributed by atoms with E-state index in [0.29, 0.717) is 37.1 Å². The predicted molar refractivity (Wildman–Crippen MR) is 142 cm³/mol. The number of nitrogens with two attached hydrogens (primary N) is 3. The van der Waals surface area contributed by atoms with E-state index in [4.69, 9.17) is 17.2 Å². The van der Waals surface area contributed by atoms with Gasteiger partial charge in [0.05, 0.1) is 18.8 Å². The lowest BCUT2D eigenvalue weighted by Crippen LogP contribution is -2.58. The van der Waals surface area contributed by atoms with Crippen LogP contribution in [0, 0.1) is 0 Å². The zero-order valence-electron chi connectivity index (χ0n) is 21.8. The lowest BCUT2D eigenvalue weighted by Gasteiger charge is -2.25. The number of carboxylic acid groups (broad SMARTS) is 1. The number of amides is 4. The Labute approximate surface area is 230 Å². The average molecular weight is 561 g/mol. The lowest BCUT2D eigenvalue weighted by molar-refractivity contribution is -0.142. The number of carboxylic acids is 1. The molecular weight excluding hydrogens is 524 g/mol. The maximum Gasteiger partial charge on any atom is 0.326 e. The van der Waals surface area contributed by atoms with Crippen molar-refractivity contribution in [3.8, 4) is 5.75 Å². The molecule has 0 aliphatic rings. The smallest absolute Gasteiger partial charge is 0.326 e. The predicted octanol–water partition coefficient (Wildman–Crippen LogP) is -2.23. The molecule has 15 heteroatoms. The second kappa shape index (κ2) is 15.8. The van der Waals surface area contributed by atoms with Gasteiger partial charge in [-0.3, -0.25) is 19.2 Å². The fourth-order valence-electron chi connectivity index (χ4n) is 3.77. The number of benzene rings is 1. The molecule has 1 aromatic carbocycles. The van der Waals surface area contributed by atoms with E-state index in [1.807, 2.05) is 0 Å². The Kier molecular flexibility index (Phi) is 12.5. The number of rotatable bonds is 17. The molecule has 0 aliphatic carbocycles. The number of phenols is 1. The number of aromatic amines is 1. The second-order valence-electron chi connectivity index (χ2n) is 9.23. The molecule has 1 aromatic heterocycles. The van der Waals surface area contributed by atoms with Gasteiger partial charge in [0.2, 0.25) is 23.6 Å². The van der Waals surface area contributed by atoms with Crippen LogP contribution in [0.5, 0.6) is 5.75 Å². The number of aliphatic carboxylic acids is 1. The molecule has 4 amide bonds. The standard InChI is InChI=1S/C25H36N8O7/c26-8-2-1-3-17(27)22(36)31-19(11-21(28)35)24(38)32-18(9-14-4-6-16(34)7-5-14)23(37)33-20(25(39)40)10-15-12-29-13-30-15/h4-7,12-13,17-20,34H,1-3,8-11,26-27H2,(H2,28,35)(H,29,30)(H,31,36)(H,32,38)(H,33,37)(H,39,40). The summed E-state index contributed by atoms with van der Waals surface area (Å²) in [6, 6.07) is 0.698. The number of nitrogens with one attached hydrogen (secondary N) is 4. The van der Waals surface area contributed by atoms with E-state index in [1.165, 1.54) is 36.8 Å². The van der Waals surface area contributed by atoms with Crippen LogP contribution in [0.3, 0.4) is 0 Å². The SMILES string of the molecule is NCCCCC(N)C(=O)NC(CC(N)=O)C(=O)NC(Cc1ccc(O)cc1)C(=O)NC(Cc1cnc[nH]1)C(=O)O. The van der Waals surface area contributed by atoms with Gasteiger partial charge in [0.1, 0.15) is 23.9 Å². The molecular formula is C25H36N8O7. The number of hydrogen-bond donors (Lipinski definition) is 9. The molecule has 0 aliphatic heterocycles. The summed E-state index contributed by atoms with van der Waals surface area (Å²) in [5, 5.41) is 26.5. The molecule has 0 fully saturated rings. The average Bonchev–Trinajstić information content (AvgIpc) is 3.41. The highest BCUT2D eigenvalue weighted by atomic mass is 16.4. The molecule has 2 rings (SSSR count). The molecule has 15 nitrogen and oxygen atoms in total. The van der Waals surface area contributed by atoms with Gasteiger partial charge in [-0.1, -0.05) is 18.6 Å². The summed E-state index contributed by atoms with van der Waals surface area (Å²) in [7, 11) is 0. The summed E-state index contributed by atoms with van der Waals surface area (Å²) in [6.07, 6.45) is 3.52. The van der Waals surface area contributed by atoms with E-state index in [0.717, 1.165) is 0 Å². The van der Waals surface area contributed by atoms with Crippen molar-refractivity contribution < 1.29 is 34.2 Å². The summed E-state index contributed by atoms with van der Waals surface area (Å²) in [5.41, 5.74) is 17.6. The van der Waals surface area contributed by atoms with Gasteiger partial charge >= 0.3 is 5.97 Å². The number of aromatic hydroxyl groups is 1. The summed E-state index contributed by atoms with van der Waals surface area (Å²) >= 11 is 0. The zero-order valence-corrected chi connectivity index (χ0v) is 21.8. The molecule has 0 radical (unpaired) electrons. The van der Waals surface area contributed by atoms with Gasteiger partial charge in [0.25, 0.3) is 0 Å². The number of carbonyl (C=O) groups is 5. The van der Waals surface area contributed by atoms with Crippen LogP contribution in [0.1, 0.15) is 36.9 Å². The van der Waals surface area contributed by atoms with Gasteiger partial charge in [-0.05, 0) is 37.1 Å². The van der Waals surface area contributed by atoms with Crippen LogP contribution < -0.4 is 33.2 Å². The Hall–Kier alpha value is -4.50. The first-order chi connectivity index (χ1) is 19.0. The number of H-pyrrole nitrogens is 1. The topological polar surface area (TPSA) is 269 Å². The van der Waals surface area contributed by atoms with Crippen molar-refractivity contribution in [3.05, 3.63) is 48.0 Å². The molecule has 2 aromatic rings. The van der Waals surface area contributed by atoms with Gasteiger partial charge in [-0.25, -0.2) is 9.78 Å². The van der Waals surface area contributed by atoms with Crippen molar-refractivity contribution in [3.63, 3.8) is 0 Å². The Bertz CT molecular complexity index is 1140. The van der Waals surface area contributed by atoms with Crippen LogP contribution in [0.4, 0.5) is 0 Å². The highest BCUT2D eigenvalue weighted by Gasteiger charge is 2.31. The summed E-state index contributed by atoms with van der Waals surface area (Å²) in [6.45, 7) is 0.427. The molecule has 40 heavy (non-hydrogen) atoms. The van der Waals surface area contributed by atoms with Gasteiger partial charge in [-0.2, -0.15) is 0 Å². The molecule has 4 atom stereocenters. The zero-order chi connectivity index (χ0) is 29.7. The second-order valence-corrected chi connectivity index (χ2v) is 9.23. The maximum absolute atomic E-state index is 13.2. The number of carbonyl (C=O) groups excluding carboxylic acids is 4. The van der Waals surface area contributed by atoms with Crippen LogP contribution in [-0.4, -0.2) is 80.5 Å². The Morgan fingerprint density at radius 1 is 0.900 bits per heavy atom. The Morgan fingerprint density at radius 3 is 2.10 bits per heavy atom.